The Morgan fingerprint density at radius 1 is 1.35 bits per heavy atom. The van der Waals surface area contributed by atoms with Crippen molar-refractivity contribution in [3.63, 3.8) is 0 Å². The van der Waals surface area contributed by atoms with Crippen LogP contribution < -0.4 is 0 Å². The third-order valence-corrected chi connectivity index (χ3v) is 3.23. The molecule has 1 aromatic heterocycles. The van der Waals surface area contributed by atoms with Crippen molar-refractivity contribution in [2.24, 2.45) is 0 Å². The largest absolute Gasteiger partial charge is 0.387 e. The number of thioether (sulfide) groups is 1. The molecule has 1 atom stereocenters. The Labute approximate surface area is 105 Å². The Kier molecular flexibility index (Phi) is 3.81. The average molecular weight is 249 g/mol. The summed E-state index contributed by atoms with van der Waals surface area (Å²) >= 11 is 1.72. The Morgan fingerprint density at radius 2 is 2.06 bits per heavy atom. The van der Waals surface area contributed by atoms with Gasteiger partial charge in [-0.15, -0.1) is 16.9 Å². The molecule has 0 aliphatic rings. The fourth-order valence-electron chi connectivity index (χ4n) is 1.50. The first-order chi connectivity index (χ1) is 8.19. The summed E-state index contributed by atoms with van der Waals surface area (Å²) in [6.07, 6.45) is 3.26. The van der Waals surface area contributed by atoms with Crippen LogP contribution in [0.15, 0.2) is 35.4 Å². The predicted octanol–water partition coefficient (Wildman–Crippen LogP) is 2.10. The lowest BCUT2D eigenvalue weighted by Gasteiger charge is -2.02. The van der Waals surface area contributed by atoms with Crippen molar-refractivity contribution >= 4 is 11.8 Å². The molecular formula is C12H15N3OS. The molecule has 0 radical (unpaired) electrons. The SMILES string of the molecule is CSc1ccc(Cn2cc(C(C)O)nn2)cc1. The van der Waals surface area contributed by atoms with E-state index in [1.807, 2.05) is 0 Å². The molecule has 4 nitrogen and oxygen atoms in total. The molecule has 90 valence electrons. The van der Waals surface area contributed by atoms with Gasteiger partial charge in [0.05, 0.1) is 18.8 Å². The standard InChI is InChI=1S/C12H15N3OS/c1-9(16)12-8-15(14-13-12)7-10-3-5-11(17-2)6-4-10/h3-6,8-9,16H,7H2,1-2H3. The number of aliphatic hydroxyl groups excluding tert-OH is 1. The molecule has 0 spiro atoms. The predicted molar refractivity (Wildman–Crippen MR) is 68.0 cm³/mol. The number of rotatable bonds is 4. The number of aromatic nitrogens is 3. The number of benzene rings is 1. The fourth-order valence-corrected chi connectivity index (χ4v) is 1.91. The van der Waals surface area contributed by atoms with Gasteiger partial charge < -0.3 is 5.11 Å². The molecule has 1 aromatic carbocycles. The van der Waals surface area contributed by atoms with Crippen LogP contribution in [0.1, 0.15) is 24.3 Å². The summed E-state index contributed by atoms with van der Waals surface area (Å²) in [7, 11) is 0. The van der Waals surface area contributed by atoms with E-state index in [2.05, 4.69) is 40.8 Å². The minimum absolute atomic E-state index is 0.567. The van der Waals surface area contributed by atoms with Gasteiger partial charge in [-0.1, -0.05) is 17.3 Å². The summed E-state index contributed by atoms with van der Waals surface area (Å²) in [5.74, 6) is 0. The van der Waals surface area contributed by atoms with Gasteiger partial charge >= 0.3 is 0 Å². The third kappa shape index (κ3) is 3.08. The highest BCUT2D eigenvalue weighted by Crippen LogP contribution is 2.15. The van der Waals surface area contributed by atoms with Crippen LogP contribution in [0.4, 0.5) is 0 Å². The van der Waals surface area contributed by atoms with Gasteiger partial charge in [0.25, 0.3) is 0 Å². The molecular weight excluding hydrogens is 234 g/mol. The molecule has 1 heterocycles. The van der Waals surface area contributed by atoms with Crippen LogP contribution in [0, 0.1) is 0 Å². The van der Waals surface area contributed by atoms with E-state index in [-0.39, 0.29) is 0 Å². The summed E-state index contributed by atoms with van der Waals surface area (Å²) in [5, 5.41) is 17.2. The van der Waals surface area contributed by atoms with E-state index in [0.29, 0.717) is 12.2 Å². The molecule has 0 saturated heterocycles. The summed E-state index contributed by atoms with van der Waals surface area (Å²) in [5.41, 5.74) is 1.77. The monoisotopic (exact) mass is 249 g/mol. The van der Waals surface area contributed by atoms with Crippen LogP contribution in [-0.4, -0.2) is 26.4 Å². The molecule has 17 heavy (non-hydrogen) atoms. The van der Waals surface area contributed by atoms with Crippen LogP contribution in [0.3, 0.4) is 0 Å². The quantitative estimate of drug-likeness (QED) is 0.843. The van der Waals surface area contributed by atoms with E-state index >= 15 is 0 Å². The van der Waals surface area contributed by atoms with E-state index in [1.165, 1.54) is 10.5 Å². The lowest BCUT2D eigenvalue weighted by atomic mass is 10.2. The van der Waals surface area contributed by atoms with E-state index in [1.54, 1.807) is 29.6 Å². The van der Waals surface area contributed by atoms with E-state index < -0.39 is 6.10 Å². The van der Waals surface area contributed by atoms with Crippen LogP contribution in [-0.2, 0) is 6.54 Å². The second-order valence-corrected chi connectivity index (χ2v) is 4.74. The van der Waals surface area contributed by atoms with Gasteiger partial charge in [-0.25, -0.2) is 4.68 Å². The molecule has 0 saturated carbocycles. The first-order valence-electron chi connectivity index (χ1n) is 5.40. The van der Waals surface area contributed by atoms with Gasteiger partial charge in [0.1, 0.15) is 5.69 Å². The van der Waals surface area contributed by atoms with Crippen molar-refractivity contribution < 1.29 is 5.11 Å². The lowest BCUT2D eigenvalue weighted by Crippen LogP contribution is -2.00. The summed E-state index contributed by atoms with van der Waals surface area (Å²) in [4.78, 5) is 1.25. The molecule has 2 rings (SSSR count). The maximum atomic E-state index is 9.35. The minimum atomic E-state index is -0.567. The molecule has 0 bridgehead atoms. The molecule has 5 heteroatoms. The molecule has 0 aliphatic carbocycles. The van der Waals surface area contributed by atoms with Gasteiger partial charge in [0.15, 0.2) is 0 Å². The van der Waals surface area contributed by atoms with Crippen molar-refractivity contribution in [3.8, 4) is 0 Å². The van der Waals surface area contributed by atoms with Gasteiger partial charge in [-0.05, 0) is 30.9 Å². The first kappa shape index (κ1) is 12.1. The molecule has 1 unspecified atom stereocenters. The second-order valence-electron chi connectivity index (χ2n) is 3.87. The number of hydrogen-bond donors (Lipinski definition) is 1. The molecule has 0 fully saturated rings. The van der Waals surface area contributed by atoms with Gasteiger partial charge in [0, 0.05) is 4.90 Å². The number of nitrogens with zero attached hydrogens (tertiary/aromatic N) is 3. The van der Waals surface area contributed by atoms with Crippen LogP contribution in [0.5, 0.6) is 0 Å². The first-order valence-corrected chi connectivity index (χ1v) is 6.62. The Bertz CT molecular complexity index is 479. The van der Waals surface area contributed by atoms with Crippen molar-refractivity contribution in [3.05, 3.63) is 41.7 Å². The normalized spacial score (nSPS) is 12.6. The third-order valence-electron chi connectivity index (χ3n) is 2.49. The Hall–Kier alpha value is -1.33. The van der Waals surface area contributed by atoms with Crippen LogP contribution in [0.25, 0.3) is 0 Å². The van der Waals surface area contributed by atoms with E-state index in [4.69, 9.17) is 0 Å². The van der Waals surface area contributed by atoms with Gasteiger partial charge in [0.2, 0.25) is 0 Å². The molecule has 1 N–H and O–H groups in total. The number of aliphatic hydroxyl groups is 1. The zero-order valence-corrected chi connectivity index (χ0v) is 10.7. The van der Waals surface area contributed by atoms with Crippen LogP contribution >= 0.6 is 11.8 Å². The summed E-state index contributed by atoms with van der Waals surface area (Å²) in [6, 6.07) is 8.34. The smallest absolute Gasteiger partial charge is 0.111 e. The summed E-state index contributed by atoms with van der Waals surface area (Å²) in [6.45, 7) is 2.36. The lowest BCUT2D eigenvalue weighted by molar-refractivity contribution is 0.194. The average Bonchev–Trinajstić information content (AvgIpc) is 2.79. The molecule has 2 aromatic rings. The fraction of sp³-hybridized carbons (Fsp3) is 0.333. The zero-order valence-electron chi connectivity index (χ0n) is 9.87. The highest BCUT2D eigenvalue weighted by Gasteiger charge is 2.06. The highest BCUT2D eigenvalue weighted by atomic mass is 32.2. The maximum absolute atomic E-state index is 9.35. The van der Waals surface area contributed by atoms with E-state index in [9.17, 15) is 5.11 Å². The maximum Gasteiger partial charge on any atom is 0.111 e. The molecule has 0 aliphatic heterocycles. The van der Waals surface area contributed by atoms with Crippen molar-refractivity contribution in [1.82, 2.24) is 15.0 Å². The van der Waals surface area contributed by atoms with Crippen molar-refractivity contribution in [2.45, 2.75) is 24.5 Å². The minimum Gasteiger partial charge on any atom is -0.387 e. The van der Waals surface area contributed by atoms with Crippen molar-refractivity contribution in [2.75, 3.05) is 6.26 Å². The van der Waals surface area contributed by atoms with Gasteiger partial charge in [-0.2, -0.15) is 0 Å². The highest BCUT2D eigenvalue weighted by molar-refractivity contribution is 7.98. The topological polar surface area (TPSA) is 50.9 Å². The number of hydrogen-bond acceptors (Lipinski definition) is 4. The Balaban J connectivity index is 2.08. The van der Waals surface area contributed by atoms with E-state index in [0.717, 1.165) is 0 Å². The van der Waals surface area contributed by atoms with Gasteiger partial charge in [-0.3, -0.25) is 0 Å². The van der Waals surface area contributed by atoms with Crippen molar-refractivity contribution in [1.29, 1.82) is 0 Å². The zero-order chi connectivity index (χ0) is 12.3. The Morgan fingerprint density at radius 3 is 2.59 bits per heavy atom. The molecule has 0 amide bonds. The summed E-state index contributed by atoms with van der Waals surface area (Å²) < 4.78 is 1.73. The van der Waals surface area contributed by atoms with Crippen LogP contribution in [0.2, 0.25) is 0 Å². The second kappa shape index (κ2) is 5.33.